The SMILES string of the molecule is CC(C)(C)C1=CC(=C(N=Nc2ccc(C(F)(F)F)cc2)c2ccc(C(N=Nc3ccc(C(F)(F)F)cc3)=C3C=C(C(C)(C)C)C(=O)C(C(C)(C)C)=C3)s2)C=C(C(C)(C)C)C1=O. The summed E-state index contributed by atoms with van der Waals surface area (Å²) in [5.74, 6) is -0.222. The maximum absolute atomic E-state index is 13.9. The van der Waals surface area contributed by atoms with Crippen LogP contribution >= 0.6 is 11.3 Å². The van der Waals surface area contributed by atoms with Crippen molar-refractivity contribution < 1.29 is 35.9 Å². The molecule has 322 valence electrons. The lowest BCUT2D eigenvalue weighted by Gasteiger charge is -2.31. The maximum atomic E-state index is 13.9. The average Bonchev–Trinajstić information content (AvgIpc) is 3.60. The maximum Gasteiger partial charge on any atom is 0.416 e. The Labute approximate surface area is 357 Å². The summed E-state index contributed by atoms with van der Waals surface area (Å²) in [6.45, 7) is 23.2. The molecule has 13 heteroatoms. The number of carbonyl (C=O) groups excluding carboxylic acids is 2. The summed E-state index contributed by atoms with van der Waals surface area (Å²) in [4.78, 5) is 29.0. The first-order valence-electron chi connectivity index (χ1n) is 19.6. The molecule has 0 amide bonds. The van der Waals surface area contributed by atoms with Crippen LogP contribution in [-0.2, 0) is 21.9 Å². The fraction of sp³-hybridized carbons (Fsp3) is 0.375. The molecule has 3 aromatic rings. The number of hydrogen-bond acceptors (Lipinski definition) is 7. The van der Waals surface area contributed by atoms with E-state index in [1.807, 2.05) is 83.1 Å². The first-order valence-corrected chi connectivity index (χ1v) is 20.4. The van der Waals surface area contributed by atoms with E-state index < -0.39 is 45.1 Å². The Kier molecular flexibility index (Phi) is 12.7. The molecule has 61 heavy (non-hydrogen) atoms. The van der Waals surface area contributed by atoms with Crippen molar-refractivity contribution in [3.63, 3.8) is 0 Å². The van der Waals surface area contributed by atoms with E-state index in [-0.39, 0.29) is 22.9 Å². The Bertz CT molecular complexity index is 2230. The van der Waals surface area contributed by atoms with Crippen LogP contribution in [0, 0.1) is 21.7 Å². The van der Waals surface area contributed by atoms with Gasteiger partial charge in [-0.1, -0.05) is 83.1 Å². The molecule has 2 aliphatic carbocycles. The minimum Gasteiger partial charge on any atom is -0.289 e. The van der Waals surface area contributed by atoms with Crippen LogP contribution in [0.2, 0.25) is 0 Å². The quantitative estimate of drug-likeness (QED) is 0.183. The van der Waals surface area contributed by atoms with E-state index >= 15 is 0 Å². The predicted molar refractivity (Wildman–Crippen MR) is 230 cm³/mol. The Morgan fingerprint density at radius 3 is 0.918 bits per heavy atom. The number of allylic oxidation sites excluding steroid dienone is 10. The minimum absolute atomic E-state index is 0.111. The van der Waals surface area contributed by atoms with E-state index in [1.54, 1.807) is 36.4 Å². The summed E-state index contributed by atoms with van der Waals surface area (Å²) in [6.07, 6.45) is -2.01. The topological polar surface area (TPSA) is 83.6 Å². The zero-order chi connectivity index (χ0) is 45.7. The zero-order valence-corrected chi connectivity index (χ0v) is 37.2. The van der Waals surface area contributed by atoms with Crippen LogP contribution in [0.1, 0.15) is 104 Å². The third-order valence-corrected chi connectivity index (χ3v) is 11.0. The number of benzene rings is 2. The molecule has 0 atom stereocenters. The molecule has 0 spiro atoms. The van der Waals surface area contributed by atoms with E-state index in [9.17, 15) is 35.9 Å². The molecular weight excluding hydrogens is 811 g/mol. The highest BCUT2D eigenvalue weighted by Crippen LogP contribution is 2.45. The number of thiophene rings is 1. The molecule has 1 heterocycles. The van der Waals surface area contributed by atoms with E-state index in [0.717, 1.165) is 24.3 Å². The standard InChI is InChI=1S/C48H50F6N4O2S/c1-43(2,3)33-23-27(24-34(41(33)59)44(4,5)6)39(57-55-31-17-13-29(14-18-31)47(49,50)51)37-21-22-38(61-37)40(58-56-32-19-15-30(16-20-32)48(52,53)54)28-25-35(45(7,8)9)42(60)36(26-28)46(10,11)12/h13-26H,1-12H3. The Hall–Kier alpha value is -5.30. The summed E-state index contributed by atoms with van der Waals surface area (Å²) in [5.41, 5.74) is 0.234. The number of alkyl halides is 6. The number of hydrogen-bond donors (Lipinski definition) is 0. The zero-order valence-electron chi connectivity index (χ0n) is 36.4. The number of rotatable bonds is 6. The van der Waals surface area contributed by atoms with Gasteiger partial charge in [0.15, 0.2) is 11.6 Å². The van der Waals surface area contributed by atoms with Gasteiger partial charge in [0.25, 0.3) is 0 Å². The van der Waals surface area contributed by atoms with Crippen molar-refractivity contribution in [3.05, 3.63) is 139 Å². The van der Waals surface area contributed by atoms with Gasteiger partial charge >= 0.3 is 12.4 Å². The van der Waals surface area contributed by atoms with Crippen LogP contribution in [0.15, 0.2) is 139 Å². The van der Waals surface area contributed by atoms with Crippen molar-refractivity contribution in [2.45, 2.75) is 95.4 Å². The number of ketones is 2. The third-order valence-electron chi connectivity index (χ3n) is 9.95. The molecule has 0 aliphatic heterocycles. The van der Waals surface area contributed by atoms with Gasteiger partial charge in [0.2, 0.25) is 0 Å². The molecule has 0 unspecified atom stereocenters. The molecule has 6 nitrogen and oxygen atoms in total. The average molecular weight is 861 g/mol. The number of halogens is 6. The van der Waals surface area contributed by atoms with Crippen molar-refractivity contribution in [3.8, 4) is 0 Å². The number of nitrogens with zero attached hydrogens (tertiary/aromatic N) is 4. The molecule has 1 aromatic heterocycles. The van der Waals surface area contributed by atoms with Crippen LogP contribution in [0.3, 0.4) is 0 Å². The molecule has 5 rings (SSSR count). The molecule has 0 saturated carbocycles. The lowest BCUT2D eigenvalue weighted by molar-refractivity contribution is -0.138. The summed E-state index contributed by atoms with van der Waals surface area (Å²) in [5, 5.41) is 18.0. The molecular formula is C48H50F6N4O2S. The third kappa shape index (κ3) is 11.0. The highest BCUT2D eigenvalue weighted by atomic mass is 32.1. The van der Waals surface area contributed by atoms with Gasteiger partial charge in [0.05, 0.1) is 32.3 Å². The van der Waals surface area contributed by atoms with Crippen LogP contribution in [0.25, 0.3) is 11.4 Å². The molecule has 2 aromatic carbocycles. The summed E-state index contributed by atoms with van der Waals surface area (Å²) in [7, 11) is 0. The second-order valence-corrected chi connectivity index (χ2v) is 20.2. The van der Waals surface area contributed by atoms with Crippen molar-refractivity contribution in [1.29, 1.82) is 0 Å². The Balaban J connectivity index is 1.81. The predicted octanol–water partition coefficient (Wildman–Crippen LogP) is 15.8. The van der Waals surface area contributed by atoms with Gasteiger partial charge in [0.1, 0.15) is 11.4 Å². The van der Waals surface area contributed by atoms with Crippen LogP contribution in [0.4, 0.5) is 37.7 Å². The van der Waals surface area contributed by atoms with Crippen LogP contribution in [-0.4, -0.2) is 11.6 Å². The van der Waals surface area contributed by atoms with E-state index in [2.05, 4.69) is 20.5 Å². The van der Waals surface area contributed by atoms with E-state index in [4.69, 9.17) is 0 Å². The second-order valence-electron chi connectivity index (χ2n) is 19.2. The lowest BCUT2D eigenvalue weighted by atomic mass is 9.71. The summed E-state index contributed by atoms with van der Waals surface area (Å²) in [6, 6.07) is 12.1. The van der Waals surface area contributed by atoms with Gasteiger partial charge < -0.3 is 0 Å². The summed E-state index contributed by atoms with van der Waals surface area (Å²) < 4.78 is 80.4. The Morgan fingerprint density at radius 2 is 0.689 bits per heavy atom. The molecule has 2 aliphatic rings. The number of Topliss-reactive ketones (excluding diaryl/α,β-unsaturated/α-hetero) is 2. The van der Waals surface area contributed by atoms with E-state index in [1.165, 1.54) is 35.6 Å². The highest BCUT2D eigenvalue weighted by Gasteiger charge is 2.37. The second kappa shape index (κ2) is 16.5. The van der Waals surface area contributed by atoms with Crippen LogP contribution < -0.4 is 0 Å². The normalized spacial score (nSPS) is 16.3. The van der Waals surface area contributed by atoms with Crippen LogP contribution in [0.5, 0.6) is 0 Å². The van der Waals surface area contributed by atoms with Crippen molar-refractivity contribution in [1.82, 2.24) is 0 Å². The van der Waals surface area contributed by atoms with Crippen molar-refractivity contribution in [2.24, 2.45) is 42.1 Å². The first-order chi connectivity index (χ1) is 27.9. The Morgan fingerprint density at radius 1 is 0.426 bits per heavy atom. The minimum atomic E-state index is -4.54. The van der Waals surface area contributed by atoms with Gasteiger partial charge in [-0.25, -0.2) is 0 Å². The molecule has 0 N–H and O–H groups in total. The van der Waals surface area contributed by atoms with Gasteiger partial charge in [-0.3, -0.25) is 9.59 Å². The monoisotopic (exact) mass is 860 g/mol. The summed E-state index contributed by atoms with van der Waals surface area (Å²) >= 11 is 1.25. The molecule has 0 fully saturated rings. The lowest BCUT2D eigenvalue weighted by Crippen LogP contribution is -2.28. The van der Waals surface area contributed by atoms with Crippen molar-refractivity contribution in [2.75, 3.05) is 0 Å². The van der Waals surface area contributed by atoms with Crippen molar-refractivity contribution >= 4 is 45.7 Å². The van der Waals surface area contributed by atoms with Gasteiger partial charge in [-0.2, -0.15) is 36.6 Å². The largest absolute Gasteiger partial charge is 0.416 e. The van der Waals surface area contributed by atoms with Gasteiger partial charge in [0, 0.05) is 33.4 Å². The smallest absolute Gasteiger partial charge is 0.289 e. The van der Waals surface area contributed by atoms with E-state index in [0.29, 0.717) is 54.6 Å². The number of azo groups is 2. The fourth-order valence-electron chi connectivity index (χ4n) is 6.50. The molecule has 0 saturated heterocycles. The van der Waals surface area contributed by atoms with Gasteiger partial charge in [-0.05, 0) is 107 Å². The number of carbonyl (C=O) groups is 2. The highest BCUT2D eigenvalue weighted by molar-refractivity contribution is 7.14. The molecule has 0 radical (unpaired) electrons. The first kappa shape index (κ1) is 46.8. The molecule has 0 bridgehead atoms. The fourth-order valence-corrected chi connectivity index (χ4v) is 7.52. The van der Waals surface area contributed by atoms with Gasteiger partial charge in [-0.15, -0.1) is 21.6 Å².